The Morgan fingerprint density at radius 2 is 1.87 bits per heavy atom. The normalized spacial score (nSPS) is 13.9. The highest BCUT2D eigenvalue weighted by Crippen LogP contribution is 2.34. The average Bonchev–Trinajstić information content (AvgIpc) is 2.83. The third-order valence-corrected chi connectivity index (χ3v) is 4.86. The lowest BCUT2D eigenvalue weighted by molar-refractivity contribution is 0.0600. The molecular weight excluding hydrogens is 310 g/mol. The zero-order valence-electron chi connectivity index (χ0n) is 12.8. The number of carbonyl (C=O) groups excluding carboxylic acids is 2. The molecule has 2 aromatic carbocycles. The second kappa shape index (κ2) is 6.87. The lowest BCUT2D eigenvalue weighted by Gasteiger charge is -2.22. The predicted molar refractivity (Wildman–Crippen MR) is 91.2 cm³/mol. The van der Waals surface area contributed by atoms with Gasteiger partial charge in [-0.05, 0) is 42.5 Å². The maximum Gasteiger partial charge on any atom is 0.337 e. The van der Waals surface area contributed by atoms with Gasteiger partial charge in [0, 0.05) is 17.0 Å². The third kappa shape index (κ3) is 3.24. The van der Waals surface area contributed by atoms with Gasteiger partial charge >= 0.3 is 5.97 Å². The highest BCUT2D eigenvalue weighted by Gasteiger charge is 2.23. The number of carbonyl (C=O) groups is 2. The number of rotatable bonds is 2. The van der Waals surface area contributed by atoms with Gasteiger partial charge in [0.05, 0.1) is 18.4 Å². The van der Waals surface area contributed by atoms with Crippen molar-refractivity contribution < 1.29 is 14.3 Å². The molecule has 0 aliphatic carbocycles. The average molecular weight is 327 g/mol. The summed E-state index contributed by atoms with van der Waals surface area (Å²) in [4.78, 5) is 27.5. The molecule has 0 atom stereocenters. The Morgan fingerprint density at radius 3 is 2.70 bits per heavy atom. The van der Waals surface area contributed by atoms with Gasteiger partial charge in [-0.15, -0.1) is 11.8 Å². The molecule has 1 amide bonds. The Balaban J connectivity index is 1.96. The SMILES string of the molecule is COC(=O)c1cccc(C(=O)N2CCCSc3ccccc32)c1. The van der Waals surface area contributed by atoms with E-state index in [4.69, 9.17) is 4.74 Å². The van der Waals surface area contributed by atoms with Crippen molar-refractivity contribution in [1.29, 1.82) is 0 Å². The van der Waals surface area contributed by atoms with E-state index in [1.807, 2.05) is 24.3 Å². The van der Waals surface area contributed by atoms with Crippen LogP contribution < -0.4 is 4.90 Å². The Bertz CT molecular complexity index is 745. The van der Waals surface area contributed by atoms with Crippen molar-refractivity contribution in [1.82, 2.24) is 0 Å². The van der Waals surface area contributed by atoms with Crippen molar-refractivity contribution in [3.63, 3.8) is 0 Å². The van der Waals surface area contributed by atoms with E-state index in [0.29, 0.717) is 17.7 Å². The standard InChI is InChI=1S/C18H17NO3S/c1-22-18(21)14-7-4-6-13(12-14)17(20)19-10-5-11-23-16-9-3-2-8-15(16)19/h2-4,6-9,12H,5,10-11H2,1H3. The highest BCUT2D eigenvalue weighted by atomic mass is 32.2. The summed E-state index contributed by atoms with van der Waals surface area (Å²) in [5.41, 5.74) is 1.81. The van der Waals surface area contributed by atoms with Crippen molar-refractivity contribution >= 4 is 29.3 Å². The number of hydrogen-bond donors (Lipinski definition) is 0. The molecule has 0 saturated heterocycles. The lowest BCUT2D eigenvalue weighted by atomic mass is 10.1. The summed E-state index contributed by atoms with van der Waals surface area (Å²) in [5.74, 6) is 0.459. The van der Waals surface area contributed by atoms with E-state index < -0.39 is 5.97 Å². The quantitative estimate of drug-likeness (QED) is 0.791. The highest BCUT2D eigenvalue weighted by molar-refractivity contribution is 7.99. The van der Waals surface area contributed by atoms with Crippen LogP contribution in [-0.4, -0.2) is 31.3 Å². The van der Waals surface area contributed by atoms with Gasteiger partial charge in [0.1, 0.15) is 0 Å². The molecule has 0 unspecified atom stereocenters. The van der Waals surface area contributed by atoms with Gasteiger partial charge in [-0.3, -0.25) is 4.79 Å². The van der Waals surface area contributed by atoms with Gasteiger partial charge in [-0.25, -0.2) is 4.79 Å². The molecule has 2 aromatic rings. The minimum Gasteiger partial charge on any atom is -0.465 e. The molecule has 23 heavy (non-hydrogen) atoms. The topological polar surface area (TPSA) is 46.6 Å². The van der Waals surface area contributed by atoms with Crippen LogP contribution in [0.25, 0.3) is 0 Å². The zero-order valence-corrected chi connectivity index (χ0v) is 13.6. The van der Waals surface area contributed by atoms with Crippen LogP contribution in [0.1, 0.15) is 27.1 Å². The lowest BCUT2D eigenvalue weighted by Crippen LogP contribution is -2.32. The maximum atomic E-state index is 12.9. The molecule has 0 bridgehead atoms. The summed E-state index contributed by atoms with van der Waals surface area (Å²) < 4.78 is 4.73. The predicted octanol–water partition coefficient (Wildman–Crippen LogP) is 3.62. The van der Waals surface area contributed by atoms with Crippen LogP contribution in [-0.2, 0) is 4.74 Å². The Kier molecular flexibility index (Phi) is 4.67. The monoisotopic (exact) mass is 327 g/mol. The largest absolute Gasteiger partial charge is 0.465 e. The summed E-state index contributed by atoms with van der Waals surface area (Å²) in [5, 5.41) is 0. The first-order valence-electron chi connectivity index (χ1n) is 7.43. The molecule has 3 rings (SSSR count). The van der Waals surface area contributed by atoms with Gasteiger partial charge in [0.2, 0.25) is 0 Å². The zero-order chi connectivity index (χ0) is 16.2. The molecule has 0 N–H and O–H groups in total. The fourth-order valence-electron chi connectivity index (χ4n) is 2.59. The van der Waals surface area contributed by atoms with Gasteiger partial charge in [-0.2, -0.15) is 0 Å². The van der Waals surface area contributed by atoms with E-state index in [1.165, 1.54) is 7.11 Å². The number of hydrogen-bond acceptors (Lipinski definition) is 4. The molecule has 4 nitrogen and oxygen atoms in total. The van der Waals surface area contributed by atoms with E-state index in [1.54, 1.807) is 40.9 Å². The van der Waals surface area contributed by atoms with E-state index in [-0.39, 0.29) is 5.91 Å². The molecule has 0 fully saturated rings. The van der Waals surface area contributed by atoms with E-state index >= 15 is 0 Å². The van der Waals surface area contributed by atoms with Crippen molar-refractivity contribution in [2.45, 2.75) is 11.3 Å². The molecule has 1 aliphatic heterocycles. The first-order chi connectivity index (χ1) is 11.2. The summed E-state index contributed by atoms with van der Waals surface area (Å²) in [6, 6.07) is 14.6. The molecule has 1 heterocycles. The van der Waals surface area contributed by atoms with Crippen molar-refractivity contribution in [3.05, 3.63) is 59.7 Å². The molecule has 1 aliphatic rings. The number of ether oxygens (including phenoxy) is 1. The Labute approximate surface area is 139 Å². The van der Waals surface area contributed by atoms with E-state index in [9.17, 15) is 9.59 Å². The number of anilines is 1. The molecule has 0 aromatic heterocycles. The fourth-order valence-corrected chi connectivity index (χ4v) is 3.59. The van der Waals surface area contributed by atoms with Crippen LogP contribution in [0.4, 0.5) is 5.69 Å². The number of amides is 1. The van der Waals surface area contributed by atoms with E-state index in [0.717, 1.165) is 22.8 Å². The van der Waals surface area contributed by atoms with Gasteiger partial charge < -0.3 is 9.64 Å². The molecule has 0 saturated carbocycles. The minimum atomic E-state index is -0.438. The first kappa shape index (κ1) is 15.6. The number of methoxy groups -OCH3 is 1. The second-order valence-corrected chi connectivity index (χ2v) is 6.34. The molecule has 0 spiro atoms. The molecule has 5 heteroatoms. The Hall–Kier alpha value is -2.27. The van der Waals surface area contributed by atoms with Crippen molar-refractivity contribution in [2.75, 3.05) is 24.3 Å². The number of fused-ring (bicyclic) bond motifs is 1. The first-order valence-corrected chi connectivity index (χ1v) is 8.41. The van der Waals surface area contributed by atoms with Crippen LogP contribution in [0, 0.1) is 0 Å². The summed E-state index contributed by atoms with van der Waals surface area (Å²) in [6.07, 6.45) is 0.932. The van der Waals surface area contributed by atoms with Crippen molar-refractivity contribution in [2.24, 2.45) is 0 Å². The van der Waals surface area contributed by atoms with Crippen LogP contribution >= 0.6 is 11.8 Å². The number of benzene rings is 2. The van der Waals surface area contributed by atoms with Crippen LogP contribution in [0.2, 0.25) is 0 Å². The summed E-state index contributed by atoms with van der Waals surface area (Å²) >= 11 is 1.77. The fraction of sp³-hybridized carbons (Fsp3) is 0.222. The third-order valence-electron chi connectivity index (χ3n) is 3.72. The molecular formula is C18H17NO3S. The molecule has 118 valence electrons. The van der Waals surface area contributed by atoms with Crippen molar-refractivity contribution in [3.8, 4) is 0 Å². The van der Waals surface area contributed by atoms with Gasteiger partial charge in [0.25, 0.3) is 5.91 Å². The Morgan fingerprint density at radius 1 is 1.09 bits per heavy atom. The van der Waals surface area contributed by atoms with Gasteiger partial charge in [0.15, 0.2) is 0 Å². The number of nitrogens with zero attached hydrogens (tertiary/aromatic N) is 1. The summed E-state index contributed by atoms with van der Waals surface area (Å²) in [7, 11) is 1.33. The summed E-state index contributed by atoms with van der Waals surface area (Å²) in [6.45, 7) is 0.672. The smallest absolute Gasteiger partial charge is 0.337 e. The van der Waals surface area contributed by atoms with Crippen LogP contribution in [0.5, 0.6) is 0 Å². The number of para-hydroxylation sites is 1. The van der Waals surface area contributed by atoms with Crippen LogP contribution in [0.15, 0.2) is 53.4 Å². The number of thioether (sulfide) groups is 1. The maximum absolute atomic E-state index is 12.9. The molecule has 0 radical (unpaired) electrons. The van der Waals surface area contributed by atoms with E-state index in [2.05, 4.69) is 0 Å². The second-order valence-electron chi connectivity index (χ2n) is 5.20. The number of esters is 1. The van der Waals surface area contributed by atoms with Gasteiger partial charge in [-0.1, -0.05) is 18.2 Å². The van der Waals surface area contributed by atoms with Crippen LogP contribution in [0.3, 0.4) is 0 Å². The minimum absolute atomic E-state index is 0.0919.